The van der Waals surface area contributed by atoms with Crippen LogP contribution in [0.5, 0.6) is 0 Å². The Bertz CT molecular complexity index is 195. The van der Waals surface area contributed by atoms with Gasteiger partial charge in [-0.3, -0.25) is 4.18 Å². The van der Waals surface area contributed by atoms with E-state index in [0.29, 0.717) is 0 Å². The zero-order valence-electron chi connectivity index (χ0n) is 6.39. The molecule has 6 heteroatoms. The molecule has 0 aliphatic rings. The summed E-state index contributed by atoms with van der Waals surface area (Å²) in [6.07, 6.45) is -1.27. The minimum Gasteiger partial charge on any atom is -0.391 e. The number of hydrogen-bond acceptors (Lipinski definition) is 5. The molecule has 68 valence electrons. The molecule has 0 aromatic heterocycles. The molecular formula is C5H12O5S. The average Bonchev–Trinajstić information content (AvgIpc) is 1.80. The second-order valence-electron chi connectivity index (χ2n) is 2.30. The fourth-order valence-corrected chi connectivity index (χ4v) is 0.719. The minimum absolute atomic E-state index is 0.406. The maximum absolute atomic E-state index is 10.3. The molecule has 2 N–H and O–H groups in total. The summed E-state index contributed by atoms with van der Waals surface area (Å²) in [6.45, 7) is 0.937. The van der Waals surface area contributed by atoms with Crippen LogP contribution in [0.3, 0.4) is 0 Å². The highest BCUT2D eigenvalue weighted by molar-refractivity contribution is 7.85. The first kappa shape index (κ1) is 10.8. The average molecular weight is 184 g/mol. The highest BCUT2D eigenvalue weighted by Gasteiger charge is 2.13. The second-order valence-corrected chi connectivity index (χ2v) is 3.94. The van der Waals surface area contributed by atoms with Crippen molar-refractivity contribution >= 4 is 10.1 Å². The van der Waals surface area contributed by atoms with Crippen LogP contribution in [-0.4, -0.2) is 43.7 Å². The highest BCUT2D eigenvalue weighted by atomic mass is 32.2. The summed E-state index contributed by atoms with van der Waals surface area (Å²) in [4.78, 5) is 0. The van der Waals surface area contributed by atoms with Crippen LogP contribution >= 0.6 is 0 Å². The van der Waals surface area contributed by atoms with Gasteiger partial charge in [-0.25, -0.2) is 0 Å². The van der Waals surface area contributed by atoms with Crippen LogP contribution in [0.1, 0.15) is 6.92 Å². The van der Waals surface area contributed by atoms with Gasteiger partial charge >= 0.3 is 0 Å². The van der Waals surface area contributed by atoms with E-state index in [-0.39, 0.29) is 0 Å². The zero-order chi connectivity index (χ0) is 9.07. The predicted molar refractivity (Wildman–Crippen MR) is 38.5 cm³/mol. The quantitative estimate of drug-likeness (QED) is 0.531. The maximum Gasteiger partial charge on any atom is 0.264 e. The lowest BCUT2D eigenvalue weighted by atomic mass is 10.2. The molecule has 0 rings (SSSR count). The molecular weight excluding hydrogens is 172 g/mol. The number of aliphatic hydroxyl groups is 2. The number of rotatable bonds is 4. The second kappa shape index (κ2) is 4.01. The first-order chi connectivity index (χ1) is 4.83. The fourth-order valence-electron chi connectivity index (χ4n) is 0.333. The van der Waals surface area contributed by atoms with E-state index in [2.05, 4.69) is 4.18 Å². The van der Waals surface area contributed by atoms with Crippen LogP contribution in [0.4, 0.5) is 0 Å². The van der Waals surface area contributed by atoms with Crippen LogP contribution in [0.25, 0.3) is 0 Å². The van der Waals surface area contributed by atoms with Crippen molar-refractivity contribution in [1.82, 2.24) is 0 Å². The van der Waals surface area contributed by atoms with Crippen molar-refractivity contribution < 1.29 is 22.8 Å². The maximum atomic E-state index is 10.3. The van der Waals surface area contributed by atoms with Crippen LogP contribution in [0.15, 0.2) is 0 Å². The summed E-state index contributed by atoms with van der Waals surface area (Å²) in [6, 6.07) is 0. The summed E-state index contributed by atoms with van der Waals surface area (Å²) in [5.74, 6) is 0. The van der Waals surface area contributed by atoms with Crippen LogP contribution < -0.4 is 0 Å². The number of hydrogen-bond donors (Lipinski definition) is 2. The monoisotopic (exact) mass is 184 g/mol. The van der Waals surface area contributed by atoms with Crippen LogP contribution in [-0.2, 0) is 14.3 Å². The van der Waals surface area contributed by atoms with Gasteiger partial charge in [0.05, 0.1) is 19.0 Å². The number of aliphatic hydroxyl groups excluding tert-OH is 2. The lowest BCUT2D eigenvalue weighted by Gasteiger charge is -2.11. The molecule has 0 saturated heterocycles. The van der Waals surface area contributed by atoms with E-state index >= 15 is 0 Å². The van der Waals surface area contributed by atoms with Crippen molar-refractivity contribution in [2.75, 3.05) is 12.9 Å². The van der Waals surface area contributed by atoms with Crippen LogP contribution in [0.2, 0.25) is 0 Å². The molecule has 0 bridgehead atoms. The normalized spacial score (nSPS) is 17.8. The molecule has 0 spiro atoms. The van der Waals surface area contributed by atoms with E-state index in [1.807, 2.05) is 0 Å². The lowest BCUT2D eigenvalue weighted by Crippen LogP contribution is -2.28. The largest absolute Gasteiger partial charge is 0.391 e. The van der Waals surface area contributed by atoms with Crippen molar-refractivity contribution in [2.45, 2.75) is 19.1 Å². The standard InChI is InChI=1S/C5H12O5S/c1-4(6)5(7)3-10-11(2,8)9/h4-7H,3H2,1-2H3. The molecule has 0 heterocycles. The summed E-state index contributed by atoms with van der Waals surface area (Å²) in [7, 11) is -3.52. The third-order valence-electron chi connectivity index (χ3n) is 1.01. The van der Waals surface area contributed by atoms with E-state index in [1.165, 1.54) is 6.92 Å². The molecule has 0 aromatic carbocycles. The Morgan fingerprint density at radius 3 is 2.18 bits per heavy atom. The Morgan fingerprint density at radius 1 is 1.45 bits per heavy atom. The molecule has 0 aliphatic heterocycles. The van der Waals surface area contributed by atoms with Gasteiger partial charge in [-0.05, 0) is 6.92 Å². The Morgan fingerprint density at radius 2 is 1.91 bits per heavy atom. The Hall–Kier alpha value is -0.170. The van der Waals surface area contributed by atoms with Gasteiger partial charge in [0.2, 0.25) is 0 Å². The third-order valence-corrected chi connectivity index (χ3v) is 1.57. The Labute approximate surface area is 65.7 Å². The van der Waals surface area contributed by atoms with Gasteiger partial charge in [-0.15, -0.1) is 0 Å². The summed E-state index contributed by atoms with van der Waals surface area (Å²) >= 11 is 0. The summed E-state index contributed by atoms with van der Waals surface area (Å²) in [5.41, 5.74) is 0. The van der Waals surface area contributed by atoms with Gasteiger partial charge in [-0.1, -0.05) is 0 Å². The highest BCUT2D eigenvalue weighted by Crippen LogP contribution is 1.95. The minimum atomic E-state index is -3.52. The van der Waals surface area contributed by atoms with Crippen molar-refractivity contribution in [3.8, 4) is 0 Å². The van der Waals surface area contributed by atoms with Gasteiger partial charge in [0.1, 0.15) is 6.10 Å². The predicted octanol–water partition coefficient (Wildman–Crippen LogP) is -1.30. The van der Waals surface area contributed by atoms with Gasteiger partial charge in [-0.2, -0.15) is 8.42 Å². The molecule has 0 aromatic rings. The molecule has 0 fully saturated rings. The molecule has 0 saturated carbocycles. The van der Waals surface area contributed by atoms with Crippen molar-refractivity contribution in [1.29, 1.82) is 0 Å². The van der Waals surface area contributed by atoms with Crippen molar-refractivity contribution in [3.05, 3.63) is 0 Å². The van der Waals surface area contributed by atoms with Gasteiger partial charge in [0.15, 0.2) is 0 Å². The van der Waals surface area contributed by atoms with Gasteiger partial charge in [0.25, 0.3) is 10.1 Å². The first-order valence-electron chi connectivity index (χ1n) is 3.03. The zero-order valence-corrected chi connectivity index (χ0v) is 7.21. The van der Waals surface area contributed by atoms with Gasteiger partial charge < -0.3 is 10.2 Å². The lowest BCUT2D eigenvalue weighted by molar-refractivity contribution is 0.00397. The van der Waals surface area contributed by atoms with E-state index in [9.17, 15) is 8.42 Å². The first-order valence-corrected chi connectivity index (χ1v) is 4.85. The molecule has 11 heavy (non-hydrogen) atoms. The third kappa shape index (κ3) is 6.24. The fraction of sp³-hybridized carbons (Fsp3) is 1.00. The van der Waals surface area contributed by atoms with E-state index in [4.69, 9.17) is 10.2 Å². The molecule has 0 radical (unpaired) electrons. The Kier molecular flexibility index (Phi) is 3.95. The Balaban J connectivity index is 3.72. The van der Waals surface area contributed by atoms with E-state index < -0.39 is 28.9 Å². The summed E-state index contributed by atoms with van der Waals surface area (Å²) in [5, 5.41) is 17.5. The molecule has 2 atom stereocenters. The van der Waals surface area contributed by atoms with E-state index in [1.54, 1.807) is 0 Å². The topological polar surface area (TPSA) is 83.8 Å². The van der Waals surface area contributed by atoms with Crippen molar-refractivity contribution in [3.63, 3.8) is 0 Å². The van der Waals surface area contributed by atoms with Crippen molar-refractivity contribution in [2.24, 2.45) is 0 Å². The molecule has 0 aliphatic carbocycles. The summed E-state index contributed by atoms with van der Waals surface area (Å²) < 4.78 is 24.9. The SMILES string of the molecule is CC(O)C(O)COS(C)(=O)=O. The van der Waals surface area contributed by atoms with Gasteiger partial charge in [0, 0.05) is 0 Å². The molecule has 5 nitrogen and oxygen atoms in total. The molecule has 2 unspecified atom stereocenters. The van der Waals surface area contributed by atoms with E-state index in [0.717, 1.165) is 6.26 Å². The molecule has 0 amide bonds. The smallest absolute Gasteiger partial charge is 0.264 e. The van der Waals surface area contributed by atoms with Crippen LogP contribution in [0, 0.1) is 0 Å².